The molecule has 2 rings (SSSR count). The maximum absolute atomic E-state index is 11.8. The van der Waals surface area contributed by atoms with Crippen LogP contribution < -0.4 is 11.1 Å². The molecule has 0 saturated heterocycles. The Morgan fingerprint density at radius 1 is 1.33 bits per heavy atom. The molecule has 1 atom stereocenters. The highest BCUT2D eigenvalue weighted by Gasteiger charge is 2.20. The van der Waals surface area contributed by atoms with Crippen LogP contribution in [0.3, 0.4) is 0 Å². The van der Waals surface area contributed by atoms with Crippen molar-refractivity contribution in [3.8, 4) is 0 Å². The fraction of sp³-hybridized carbons (Fsp3) is 0.533. The Balaban J connectivity index is 1.92. The Morgan fingerprint density at radius 2 is 2.17 bits per heavy atom. The first-order valence-electron chi connectivity index (χ1n) is 6.88. The van der Waals surface area contributed by atoms with Crippen LogP contribution >= 0.6 is 0 Å². The van der Waals surface area contributed by atoms with Gasteiger partial charge >= 0.3 is 0 Å². The average Bonchev–Trinajstić information content (AvgIpc) is 2.39. The maximum Gasteiger partial charge on any atom is 0.220 e. The van der Waals surface area contributed by atoms with E-state index in [1.54, 1.807) is 0 Å². The van der Waals surface area contributed by atoms with E-state index in [1.807, 2.05) is 0 Å². The number of fused-ring (bicyclic) bond motifs is 1. The number of amides is 1. The molecule has 3 heteroatoms. The third kappa shape index (κ3) is 3.33. The van der Waals surface area contributed by atoms with Gasteiger partial charge in [-0.25, -0.2) is 0 Å². The van der Waals surface area contributed by atoms with Crippen LogP contribution in [-0.2, 0) is 11.2 Å². The van der Waals surface area contributed by atoms with Crippen LogP contribution in [0.25, 0.3) is 0 Å². The number of aryl methyl sites for hydroxylation is 1. The number of carbonyl (C=O) groups excluding carboxylic acids is 1. The summed E-state index contributed by atoms with van der Waals surface area (Å²) in [5.74, 6) is 0.158. The van der Waals surface area contributed by atoms with Crippen LogP contribution in [0.15, 0.2) is 24.3 Å². The fourth-order valence-corrected chi connectivity index (χ4v) is 2.60. The first kappa shape index (κ1) is 13.1. The van der Waals surface area contributed by atoms with Gasteiger partial charge < -0.3 is 11.1 Å². The van der Waals surface area contributed by atoms with Crippen LogP contribution in [0.2, 0.25) is 0 Å². The topological polar surface area (TPSA) is 55.1 Å². The van der Waals surface area contributed by atoms with E-state index in [4.69, 9.17) is 5.73 Å². The Kier molecular flexibility index (Phi) is 4.76. The molecule has 3 N–H and O–H groups in total. The van der Waals surface area contributed by atoms with Crippen molar-refractivity contribution in [1.82, 2.24) is 5.32 Å². The first-order chi connectivity index (χ1) is 8.81. The zero-order valence-electron chi connectivity index (χ0n) is 10.8. The van der Waals surface area contributed by atoms with Gasteiger partial charge in [0.15, 0.2) is 0 Å². The molecule has 0 fully saturated rings. The summed E-state index contributed by atoms with van der Waals surface area (Å²) >= 11 is 0. The van der Waals surface area contributed by atoms with Gasteiger partial charge in [-0.2, -0.15) is 0 Å². The summed E-state index contributed by atoms with van der Waals surface area (Å²) in [6.07, 6.45) is 5.75. The molecule has 1 aromatic rings. The summed E-state index contributed by atoms with van der Waals surface area (Å²) in [6.45, 7) is 0.666. The molecule has 3 nitrogen and oxygen atoms in total. The number of unbranched alkanes of at least 4 members (excludes halogenated alkanes) is 1. The maximum atomic E-state index is 11.8. The number of hydrogen-bond donors (Lipinski definition) is 2. The molecule has 1 amide bonds. The molecule has 1 aliphatic rings. The van der Waals surface area contributed by atoms with Crippen molar-refractivity contribution in [2.75, 3.05) is 6.54 Å². The zero-order valence-corrected chi connectivity index (χ0v) is 10.8. The van der Waals surface area contributed by atoms with Gasteiger partial charge in [-0.05, 0) is 49.8 Å². The van der Waals surface area contributed by atoms with E-state index in [0.717, 1.165) is 32.1 Å². The van der Waals surface area contributed by atoms with Crippen LogP contribution in [0.1, 0.15) is 49.3 Å². The highest BCUT2D eigenvalue weighted by atomic mass is 16.1. The van der Waals surface area contributed by atoms with E-state index in [9.17, 15) is 4.79 Å². The lowest BCUT2D eigenvalue weighted by Gasteiger charge is -2.26. The molecule has 0 aromatic heterocycles. The monoisotopic (exact) mass is 246 g/mol. The number of nitrogens with two attached hydrogens (primary N) is 1. The van der Waals surface area contributed by atoms with Crippen molar-refractivity contribution >= 4 is 5.91 Å². The van der Waals surface area contributed by atoms with Crippen molar-refractivity contribution in [3.05, 3.63) is 35.4 Å². The highest BCUT2D eigenvalue weighted by Crippen LogP contribution is 2.29. The summed E-state index contributed by atoms with van der Waals surface area (Å²) in [5, 5.41) is 3.15. The van der Waals surface area contributed by atoms with Crippen LogP contribution in [0, 0.1) is 0 Å². The number of carbonyl (C=O) groups is 1. The minimum absolute atomic E-state index is 0.158. The second-order valence-corrected chi connectivity index (χ2v) is 4.96. The van der Waals surface area contributed by atoms with Gasteiger partial charge in [0.05, 0.1) is 6.04 Å². The smallest absolute Gasteiger partial charge is 0.220 e. The number of hydrogen-bond acceptors (Lipinski definition) is 2. The number of rotatable bonds is 5. The van der Waals surface area contributed by atoms with Crippen LogP contribution in [0.5, 0.6) is 0 Å². The fourth-order valence-electron chi connectivity index (χ4n) is 2.60. The van der Waals surface area contributed by atoms with E-state index in [2.05, 4.69) is 29.6 Å². The van der Waals surface area contributed by atoms with Crippen molar-refractivity contribution < 1.29 is 4.79 Å². The normalized spacial score (nSPS) is 18.2. The minimum atomic E-state index is 0.158. The molecule has 0 aliphatic heterocycles. The van der Waals surface area contributed by atoms with Gasteiger partial charge in [0.1, 0.15) is 0 Å². The molecule has 1 aromatic carbocycles. The number of benzene rings is 1. The van der Waals surface area contributed by atoms with Gasteiger partial charge in [0.2, 0.25) is 5.91 Å². The largest absolute Gasteiger partial charge is 0.349 e. The number of nitrogens with one attached hydrogen (secondary N) is 1. The SMILES string of the molecule is NCCCCC(=O)NC1CCCc2ccccc21. The van der Waals surface area contributed by atoms with E-state index in [-0.39, 0.29) is 11.9 Å². The van der Waals surface area contributed by atoms with Crippen molar-refractivity contribution in [2.45, 2.75) is 44.6 Å². The Morgan fingerprint density at radius 3 is 3.00 bits per heavy atom. The molecule has 1 aliphatic carbocycles. The summed E-state index contributed by atoms with van der Waals surface area (Å²) in [5.41, 5.74) is 8.12. The first-order valence-corrected chi connectivity index (χ1v) is 6.88. The van der Waals surface area contributed by atoms with Gasteiger partial charge in [-0.1, -0.05) is 24.3 Å². The highest BCUT2D eigenvalue weighted by molar-refractivity contribution is 5.76. The molecule has 0 heterocycles. The lowest BCUT2D eigenvalue weighted by atomic mass is 9.87. The van der Waals surface area contributed by atoms with Crippen LogP contribution in [-0.4, -0.2) is 12.5 Å². The minimum Gasteiger partial charge on any atom is -0.349 e. The third-order valence-corrected chi connectivity index (χ3v) is 3.56. The molecule has 1 unspecified atom stereocenters. The van der Waals surface area contributed by atoms with E-state index >= 15 is 0 Å². The van der Waals surface area contributed by atoms with Gasteiger partial charge in [-0.3, -0.25) is 4.79 Å². The molecule has 98 valence electrons. The zero-order chi connectivity index (χ0) is 12.8. The molecule has 0 radical (unpaired) electrons. The Labute approximate surface area is 109 Å². The summed E-state index contributed by atoms with van der Waals surface area (Å²) < 4.78 is 0. The summed E-state index contributed by atoms with van der Waals surface area (Å²) in [6, 6.07) is 8.64. The Bertz CT molecular complexity index is 403. The summed E-state index contributed by atoms with van der Waals surface area (Å²) in [7, 11) is 0. The van der Waals surface area contributed by atoms with Gasteiger partial charge in [0.25, 0.3) is 0 Å². The lowest BCUT2D eigenvalue weighted by Crippen LogP contribution is -2.30. The predicted octanol–water partition coefficient (Wildman–Crippen LogP) is 2.31. The van der Waals surface area contributed by atoms with Gasteiger partial charge in [0, 0.05) is 6.42 Å². The van der Waals surface area contributed by atoms with E-state index < -0.39 is 0 Å². The molecule has 18 heavy (non-hydrogen) atoms. The Hall–Kier alpha value is -1.35. The van der Waals surface area contributed by atoms with Gasteiger partial charge in [-0.15, -0.1) is 0 Å². The van der Waals surface area contributed by atoms with Crippen LogP contribution in [0.4, 0.5) is 0 Å². The second-order valence-electron chi connectivity index (χ2n) is 4.96. The molecule has 0 spiro atoms. The lowest BCUT2D eigenvalue weighted by molar-refractivity contribution is -0.122. The quantitative estimate of drug-likeness (QED) is 0.783. The predicted molar refractivity (Wildman–Crippen MR) is 73.2 cm³/mol. The van der Waals surface area contributed by atoms with Crippen molar-refractivity contribution in [3.63, 3.8) is 0 Å². The van der Waals surface area contributed by atoms with Crippen molar-refractivity contribution in [2.24, 2.45) is 5.73 Å². The molecule has 0 bridgehead atoms. The summed E-state index contributed by atoms with van der Waals surface area (Å²) in [4.78, 5) is 11.8. The molecular weight excluding hydrogens is 224 g/mol. The van der Waals surface area contributed by atoms with E-state index in [1.165, 1.54) is 11.1 Å². The average molecular weight is 246 g/mol. The van der Waals surface area contributed by atoms with Crippen molar-refractivity contribution in [1.29, 1.82) is 0 Å². The van der Waals surface area contributed by atoms with E-state index in [0.29, 0.717) is 13.0 Å². The third-order valence-electron chi connectivity index (χ3n) is 3.56. The molecule has 0 saturated carbocycles. The standard InChI is InChI=1S/C15H22N2O/c16-11-4-3-10-15(18)17-14-9-5-7-12-6-1-2-8-13(12)14/h1-2,6,8,14H,3-5,7,9-11,16H2,(H,17,18). The molecular formula is C15H22N2O. The second kappa shape index (κ2) is 6.55.